The molecule has 1 aliphatic heterocycles. The van der Waals surface area contributed by atoms with Crippen molar-refractivity contribution in [2.24, 2.45) is 0 Å². The molecule has 0 aromatic heterocycles. The monoisotopic (exact) mass is 266 g/mol. The van der Waals surface area contributed by atoms with Crippen LogP contribution in [-0.4, -0.2) is 5.97 Å². The number of hydrogen-bond donors (Lipinski definition) is 0. The average Bonchev–Trinajstić information content (AvgIpc) is 2.80. The second-order valence-electron chi connectivity index (χ2n) is 5.23. The fraction of sp³-hybridized carbons (Fsp3) is 0.278. The van der Waals surface area contributed by atoms with Gasteiger partial charge in [0, 0.05) is 11.1 Å². The van der Waals surface area contributed by atoms with Gasteiger partial charge in [0.1, 0.15) is 0 Å². The Hall–Kier alpha value is -2.09. The molecule has 0 spiro atoms. The van der Waals surface area contributed by atoms with Crippen LogP contribution in [0.5, 0.6) is 0 Å². The second kappa shape index (κ2) is 5.12. The third-order valence-corrected chi connectivity index (χ3v) is 3.97. The van der Waals surface area contributed by atoms with Crippen molar-refractivity contribution in [2.75, 3.05) is 0 Å². The second-order valence-corrected chi connectivity index (χ2v) is 5.23. The van der Waals surface area contributed by atoms with Crippen molar-refractivity contribution in [3.05, 3.63) is 71.3 Å². The van der Waals surface area contributed by atoms with Crippen LogP contribution in [0.25, 0.3) is 0 Å². The van der Waals surface area contributed by atoms with Crippen LogP contribution >= 0.6 is 0 Å². The minimum absolute atomic E-state index is 0.208. The highest BCUT2D eigenvalue weighted by atomic mass is 16.6. The van der Waals surface area contributed by atoms with Crippen LogP contribution in [0.3, 0.4) is 0 Å². The number of carbonyl (C=O) groups is 1. The lowest BCUT2D eigenvalue weighted by molar-refractivity contribution is 0.00636. The predicted octanol–water partition coefficient (Wildman–Crippen LogP) is 4.29. The van der Waals surface area contributed by atoms with E-state index in [1.165, 1.54) is 0 Å². The van der Waals surface area contributed by atoms with E-state index in [4.69, 9.17) is 4.74 Å². The van der Waals surface area contributed by atoms with Crippen LogP contribution in [0.4, 0.5) is 0 Å². The third-order valence-electron chi connectivity index (χ3n) is 3.97. The van der Waals surface area contributed by atoms with Gasteiger partial charge in [-0.05, 0) is 18.9 Å². The Labute approximate surface area is 119 Å². The molecule has 1 heterocycles. The summed E-state index contributed by atoms with van der Waals surface area (Å²) in [5, 5.41) is 0. The van der Waals surface area contributed by atoms with Crippen LogP contribution in [0.1, 0.15) is 47.7 Å². The summed E-state index contributed by atoms with van der Waals surface area (Å²) in [6.45, 7) is 2.15. The van der Waals surface area contributed by atoms with Gasteiger partial charge in [0.2, 0.25) is 0 Å². The SMILES string of the molecule is CCCC[C@@]1(c2ccccc2)OC(=O)c2ccccc21. The van der Waals surface area contributed by atoms with Crippen molar-refractivity contribution >= 4 is 5.97 Å². The summed E-state index contributed by atoms with van der Waals surface area (Å²) in [5.74, 6) is -0.208. The number of benzene rings is 2. The molecule has 2 aromatic carbocycles. The molecule has 2 heteroatoms. The summed E-state index contributed by atoms with van der Waals surface area (Å²) in [4.78, 5) is 12.2. The van der Waals surface area contributed by atoms with E-state index in [1.54, 1.807) is 0 Å². The van der Waals surface area contributed by atoms with Gasteiger partial charge in [-0.2, -0.15) is 0 Å². The quantitative estimate of drug-likeness (QED) is 0.772. The van der Waals surface area contributed by atoms with E-state index in [9.17, 15) is 4.79 Å². The number of carbonyl (C=O) groups excluding carboxylic acids is 1. The Bertz CT molecular complexity index is 618. The number of esters is 1. The minimum atomic E-state index is -0.606. The molecule has 0 amide bonds. The molecular weight excluding hydrogens is 248 g/mol. The number of cyclic esters (lactones) is 1. The minimum Gasteiger partial charge on any atom is -0.446 e. The van der Waals surface area contributed by atoms with Gasteiger partial charge < -0.3 is 4.74 Å². The highest BCUT2D eigenvalue weighted by Crippen LogP contribution is 2.45. The van der Waals surface area contributed by atoms with Gasteiger partial charge in [0.05, 0.1) is 5.56 Å². The van der Waals surface area contributed by atoms with Gasteiger partial charge in [0.25, 0.3) is 0 Å². The van der Waals surface area contributed by atoms with Gasteiger partial charge in [-0.15, -0.1) is 0 Å². The summed E-state index contributed by atoms with van der Waals surface area (Å²) in [7, 11) is 0. The van der Waals surface area contributed by atoms with E-state index in [0.29, 0.717) is 5.56 Å². The maximum absolute atomic E-state index is 12.2. The van der Waals surface area contributed by atoms with Crippen molar-refractivity contribution in [2.45, 2.75) is 31.8 Å². The van der Waals surface area contributed by atoms with Crippen molar-refractivity contribution in [1.29, 1.82) is 0 Å². The van der Waals surface area contributed by atoms with Crippen molar-refractivity contribution in [3.8, 4) is 0 Å². The molecule has 0 saturated carbocycles. The smallest absolute Gasteiger partial charge is 0.339 e. The summed E-state index contributed by atoms with van der Waals surface area (Å²) in [6, 6.07) is 17.8. The number of unbranched alkanes of at least 4 members (excludes halogenated alkanes) is 1. The van der Waals surface area contributed by atoms with E-state index in [0.717, 1.165) is 30.4 Å². The zero-order chi connectivity index (χ0) is 14.0. The van der Waals surface area contributed by atoms with Gasteiger partial charge in [-0.25, -0.2) is 4.79 Å². The standard InChI is InChI=1S/C18H18O2/c1-2-3-13-18(14-9-5-4-6-10-14)16-12-8-7-11-15(16)17(19)20-18/h4-12H,2-3,13H2,1H3/t18-/m0/s1. The molecule has 0 fully saturated rings. The molecule has 0 N–H and O–H groups in total. The zero-order valence-electron chi connectivity index (χ0n) is 11.6. The van der Waals surface area contributed by atoms with Crippen molar-refractivity contribution in [3.63, 3.8) is 0 Å². The molecule has 2 aromatic rings. The lowest BCUT2D eigenvalue weighted by atomic mass is 9.82. The molecule has 102 valence electrons. The summed E-state index contributed by atoms with van der Waals surface area (Å²) < 4.78 is 5.87. The van der Waals surface area contributed by atoms with Gasteiger partial charge in [-0.1, -0.05) is 61.9 Å². The van der Waals surface area contributed by atoms with Crippen LogP contribution < -0.4 is 0 Å². The fourth-order valence-electron chi connectivity index (χ4n) is 2.96. The normalized spacial score (nSPS) is 20.6. The first-order valence-electron chi connectivity index (χ1n) is 7.16. The lowest BCUT2D eigenvalue weighted by Gasteiger charge is -2.29. The van der Waals surface area contributed by atoms with E-state index in [1.807, 2.05) is 54.6 Å². The molecule has 0 bridgehead atoms. The van der Waals surface area contributed by atoms with Crippen LogP contribution in [0.2, 0.25) is 0 Å². The highest BCUT2D eigenvalue weighted by Gasteiger charge is 2.45. The first-order chi connectivity index (χ1) is 9.78. The predicted molar refractivity (Wildman–Crippen MR) is 78.6 cm³/mol. The number of fused-ring (bicyclic) bond motifs is 1. The maximum atomic E-state index is 12.2. The van der Waals surface area contributed by atoms with Crippen LogP contribution in [0, 0.1) is 0 Å². The number of hydrogen-bond acceptors (Lipinski definition) is 2. The lowest BCUT2D eigenvalue weighted by Crippen LogP contribution is -2.27. The molecule has 20 heavy (non-hydrogen) atoms. The van der Waals surface area contributed by atoms with Gasteiger partial charge in [-0.3, -0.25) is 0 Å². The topological polar surface area (TPSA) is 26.3 Å². The molecule has 1 aliphatic rings. The molecule has 0 aliphatic carbocycles. The summed E-state index contributed by atoms with van der Waals surface area (Å²) in [6.07, 6.45) is 2.93. The number of rotatable bonds is 4. The molecule has 0 unspecified atom stereocenters. The Morgan fingerprint density at radius 2 is 1.70 bits per heavy atom. The molecule has 2 nitrogen and oxygen atoms in total. The Balaban J connectivity index is 2.16. The summed E-state index contributed by atoms with van der Waals surface area (Å²) in [5.41, 5.74) is 2.16. The Morgan fingerprint density at radius 3 is 2.45 bits per heavy atom. The Kier molecular flexibility index (Phi) is 3.31. The molecule has 3 rings (SSSR count). The molecule has 1 atom stereocenters. The molecular formula is C18H18O2. The van der Waals surface area contributed by atoms with Gasteiger partial charge >= 0.3 is 5.97 Å². The van der Waals surface area contributed by atoms with E-state index in [2.05, 4.69) is 6.92 Å². The highest BCUT2D eigenvalue weighted by molar-refractivity contribution is 5.95. The Morgan fingerprint density at radius 1 is 1.00 bits per heavy atom. The molecule has 0 saturated heterocycles. The van der Waals surface area contributed by atoms with E-state index >= 15 is 0 Å². The third kappa shape index (κ3) is 1.92. The fourth-order valence-corrected chi connectivity index (χ4v) is 2.96. The van der Waals surface area contributed by atoms with Crippen LogP contribution in [0.15, 0.2) is 54.6 Å². The maximum Gasteiger partial charge on any atom is 0.339 e. The van der Waals surface area contributed by atoms with E-state index in [-0.39, 0.29) is 5.97 Å². The van der Waals surface area contributed by atoms with Gasteiger partial charge in [0.15, 0.2) is 5.60 Å². The number of ether oxygens (including phenoxy) is 1. The first kappa shape index (κ1) is 12.9. The summed E-state index contributed by atoms with van der Waals surface area (Å²) >= 11 is 0. The van der Waals surface area contributed by atoms with Crippen LogP contribution in [-0.2, 0) is 10.3 Å². The van der Waals surface area contributed by atoms with Crippen molar-refractivity contribution < 1.29 is 9.53 Å². The first-order valence-corrected chi connectivity index (χ1v) is 7.16. The average molecular weight is 266 g/mol. The largest absolute Gasteiger partial charge is 0.446 e. The zero-order valence-corrected chi connectivity index (χ0v) is 11.6. The van der Waals surface area contributed by atoms with Crippen molar-refractivity contribution in [1.82, 2.24) is 0 Å². The van der Waals surface area contributed by atoms with E-state index < -0.39 is 5.60 Å². The molecule has 0 radical (unpaired) electrons.